The van der Waals surface area contributed by atoms with Crippen molar-refractivity contribution in [3.63, 3.8) is 0 Å². The van der Waals surface area contributed by atoms with Crippen molar-refractivity contribution in [2.45, 2.75) is 13.3 Å². The molecule has 3 aromatic rings. The average molecular weight is 341 g/mol. The molecule has 0 radical (unpaired) electrons. The topological polar surface area (TPSA) is 68.5 Å². The van der Waals surface area contributed by atoms with Crippen LogP contribution in [-0.2, 0) is 16.0 Å². The Labute approximate surface area is 143 Å². The molecule has 5 nitrogen and oxygen atoms in total. The molecule has 1 amide bonds. The van der Waals surface area contributed by atoms with Crippen molar-refractivity contribution in [2.75, 3.05) is 11.9 Å². The van der Waals surface area contributed by atoms with Crippen LogP contribution in [0, 0.1) is 5.82 Å². The summed E-state index contributed by atoms with van der Waals surface area (Å²) >= 11 is 0. The molecule has 3 rings (SSSR count). The number of nitrogens with one attached hydrogen (secondary N) is 1. The van der Waals surface area contributed by atoms with E-state index in [1.54, 1.807) is 31.2 Å². The highest BCUT2D eigenvalue weighted by molar-refractivity contribution is 6.09. The zero-order valence-electron chi connectivity index (χ0n) is 13.5. The summed E-state index contributed by atoms with van der Waals surface area (Å²) in [5.41, 5.74) is 1.41. The second-order valence-electron chi connectivity index (χ2n) is 5.37. The van der Waals surface area contributed by atoms with Crippen LogP contribution in [0.2, 0.25) is 0 Å². The van der Waals surface area contributed by atoms with Crippen LogP contribution < -0.4 is 5.32 Å². The molecule has 128 valence electrons. The van der Waals surface area contributed by atoms with Gasteiger partial charge in [-0.15, -0.1) is 0 Å². The van der Waals surface area contributed by atoms with Crippen molar-refractivity contribution < 1.29 is 23.1 Å². The molecule has 0 saturated carbocycles. The molecule has 1 heterocycles. The Morgan fingerprint density at radius 3 is 2.56 bits per heavy atom. The number of fused-ring (bicyclic) bond motifs is 1. The van der Waals surface area contributed by atoms with Gasteiger partial charge in [-0.3, -0.25) is 4.79 Å². The van der Waals surface area contributed by atoms with Gasteiger partial charge in [-0.05, 0) is 36.8 Å². The second kappa shape index (κ2) is 7.17. The van der Waals surface area contributed by atoms with Gasteiger partial charge in [-0.1, -0.05) is 24.3 Å². The number of rotatable bonds is 5. The van der Waals surface area contributed by atoms with Crippen molar-refractivity contribution in [1.29, 1.82) is 0 Å². The Hall–Kier alpha value is -3.15. The van der Waals surface area contributed by atoms with Crippen LogP contribution in [0.3, 0.4) is 0 Å². The lowest BCUT2D eigenvalue weighted by Gasteiger charge is -2.06. The van der Waals surface area contributed by atoms with E-state index < -0.39 is 5.97 Å². The van der Waals surface area contributed by atoms with Crippen LogP contribution in [0.5, 0.6) is 0 Å². The summed E-state index contributed by atoms with van der Waals surface area (Å²) in [6.07, 6.45) is 0.0437. The van der Waals surface area contributed by atoms with E-state index >= 15 is 0 Å². The number of hydrogen-bond acceptors (Lipinski definition) is 4. The fourth-order valence-corrected chi connectivity index (χ4v) is 2.48. The van der Waals surface area contributed by atoms with E-state index in [0.717, 1.165) is 0 Å². The highest BCUT2D eigenvalue weighted by atomic mass is 19.1. The van der Waals surface area contributed by atoms with Crippen molar-refractivity contribution in [1.82, 2.24) is 0 Å². The minimum atomic E-state index is -0.643. The minimum Gasteiger partial charge on any atom is -0.460 e. The van der Waals surface area contributed by atoms with Gasteiger partial charge in [0.05, 0.1) is 13.0 Å². The predicted molar refractivity (Wildman–Crippen MR) is 90.9 cm³/mol. The van der Waals surface area contributed by atoms with Gasteiger partial charge < -0.3 is 14.5 Å². The lowest BCUT2D eigenvalue weighted by molar-refractivity contribution is -0.115. The normalized spacial score (nSPS) is 10.6. The number of furan rings is 1. The number of hydrogen-bond donors (Lipinski definition) is 1. The number of halogens is 1. The third-order valence-electron chi connectivity index (χ3n) is 3.60. The molecular weight excluding hydrogens is 325 g/mol. The largest absolute Gasteiger partial charge is 0.460 e. The number of ether oxygens (including phenoxy) is 1. The first-order chi connectivity index (χ1) is 12.1. The molecule has 6 heteroatoms. The quantitative estimate of drug-likeness (QED) is 0.714. The van der Waals surface area contributed by atoms with Gasteiger partial charge in [0.2, 0.25) is 11.7 Å². The maximum absolute atomic E-state index is 13.0. The second-order valence-corrected chi connectivity index (χ2v) is 5.37. The van der Waals surface area contributed by atoms with Gasteiger partial charge in [0.1, 0.15) is 17.1 Å². The SMILES string of the molecule is CCOC(=O)c1oc2ccccc2c1NC(=O)Cc1ccc(F)cc1. The molecule has 1 N–H and O–H groups in total. The number of amides is 1. The predicted octanol–water partition coefficient (Wildman–Crippen LogP) is 3.93. The number of para-hydroxylation sites is 1. The van der Waals surface area contributed by atoms with E-state index in [2.05, 4.69) is 5.32 Å². The average Bonchev–Trinajstić information content (AvgIpc) is 2.96. The maximum Gasteiger partial charge on any atom is 0.376 e. The van der Waals surface area contributed by atoms with E-state index in [1.807, 2.05) is 0 Å². The number of benzene rings is 2. The van der Waals surface area contributed by atoms with Gasteiger partial charge in [-0.25, -0.2) is 9.18 Å². The molecular formula is C19H16FNO4. The van der Waals surface area contributed by atoms with Crippen LogP contribution in [0.25, 0.3) is 11.0 Å². The zero-order chi connectivity index (χ0) is 17.8. The summed E-state index contributed by atoms with van der Waals surface area (Å²) in [5, 5.41) is 3.32. The van der Waals surface area contributed by atoms with E-state index in [-0.39, 0.29) is 36.2 Å². The Kier molecular flexibility index (Phi) is 4.79. The summed E-state index contributed by atoms with van der Waals surface area (Å²) in [6, 6.07) is 12.7. The van der Waals surface area contributed by atoms with Gasteiger partial charge in [0.15, 0.2) is 0 Å². The Bertz CT molecular complexity index is 915. The first-order valence-electron chi connectivity index (χ1n) is 7.81. The first-order valence-corrected chi connectivity index (χ1v) is 7.81. The molecule has 0 unspecified atom stereocenters. The molecule has 0 aliphatic rings. The summed E-state index contributed by atoms with van der Waals surface area (Å²) in [6.45, 7) is 1.88. The summed E-state index contributed by atoms with van der Waals surface area (Å²) in [7, 11) is 0. The van der Waals surface area contributed by atoms with E-state index in [9.17, 15) is 14.0 Å². The summed E-state index contributed by atoms with van der Waals surface area (Å²) in [5.74, 6) is -1.40. The van der Waals surface area contributed by atoms with Gasteiger partial charge in [0.25, 0.3) is 0 Å². The fraction of sp³-hybridized carbons (Fsp3) is 0.158. The van der Waals surface area contributed by atoms with E-state index in [4.69, 9.17) is 9.15 Å². The monoisotopic (exact) mass is 341 g/mol. The Morgan fingerprint density at radius 2 is 1.84 bits per heavy atom. The lowest BCUT2D eigenvalue weighted by Crippen LogP contribution is -2.16. The number of esters is 1. The number of anilines is 1. The first kappa shape index (κ1) is 16.7. The van der Waals surface area contributed by atoms with Crippen LogP contribution in [-0.4, -0.2) is 18.5 Å². The fourth-order valence-electron chi connectivity index (χ4n) is 2.48. The van der Waals surface area contributed by atoms with Gasteiger partial charge >= 0.3 is 5.97 Å². The lowest BCUT2D eigenvalue weighted by atomic mass is 10.1. The third-order valence-corrected chi connectivity index (χ3v) is 3.60. The molecule has 0 aliphatic carbocycles. The minimum absolute atomic E-state index is 0.0437. The molecule has 0 aliphatic heterocycles. The number of carbonyl (C=O) groups excluding carboxylic acids is 2. The van der Waals surface area contributed by atoms with Crippen LogP contribution in [0.4, 0.5) is 10.1 Å². The van der Waals surface area contributed by atoms with Crippen LogP contribution in [0.15, 0.2) is 52.9 Å². The Morgan fingerprint density at radius 1 is 1.12 bits per heavy atom. The zero-order valence-corrected chi connectivity index (χ0v) is 13.5. The molecule has 0 saturated heterocycles. The molecule has 0 spiro atoms. The highest BCUT2D eigenvalue weighted by Gasteiger charge is 2.23. The van der Waals surface area contributed by atoms with Crippen LogP contribution >= 0.6 is 0 Å². The van der Waals surface area contributed by atoms with Crippen molar-refractivity contribution >= 4 is 28.5 Å². The number of carbonyl (C=O) groups is 2. The summed E-state index contributed by atoms with van der Waals surface area (Å²) in [4.78, 5) is 24.4. The third kappa shape index (κ3) is 3.68. The molecule has 25 heavy (non-hydrogen) atoms. The molecule has 0 bridgehead atoms. The van der Waals surface area contributed by atoms with Gasteiger partial charge in [-0.2, -0.15) is 0 Å². The Balaban J connectivity index is 1.88. The molecule has 0 atom stereocenters. The highest BCUT2D eigenvalue weighted by Crippen LogP contribution is 2.31. The van der Waals surface area contributed by atoms with Crippen LogP contribution in [0.1, 0.15) is 23.0 Å². The van der Waals surface area contributed by atoms with E-state index in [1.165, 1.54) is 24.3 Å². The summed E-state index contributed by atoms with van der Waals surface area (Å²) < 4.78 is 23.5. The maximum atomic E-state index is 13.0. The van der Waals surface area contributed by atoms with Crippen molar-refractivity contribution in [2.24, 2.45) is 0 Å². The molecule has 2 aromatic carbocycles. The molecule has 0 fully saturated rings. The van der Waals surface area contributed by atoms with E-state index in [0.29, 0.717) is 16.5 Å². The standard InChI is InChI=1S/C19H16FNO4/c1-2-24-19(23)18-17(14-5-3-4-6-15(14)25-18)21-16(22)11-12-7-9-13(20)10-8-12/h3-10H,2,11H2,1H3,(H,21,22). The van der Waals surface area contributed by atoms with Crippen molar-refractivity contribution in [3.8, 4) is 0 Å². The van der Waals surface area contributed by atoms with Crippen molar-refractivity contribution in [3.05, 3.63) is 65.7 Å². The molecule has 1 aromatic heterocycles. The van der Waals surface area contributed by atoms with Gasteiger partial charge in [0, 0.05) is 5.39 Å². The smallest absolute Gasteiger partial charge is 0.376 e.